The second kappa shape index (κ2) is 6.02. The number of hydrogen-bond donors (Lipinski definition) is 0. The molecule has 2 aromatic heterocycles. The number of benzene rings is 1. The fourth-order valence-corrected chi connectivity index (χ4v) is 3.65. The molecule has 0 fully saturated rings. The van der Waals surface area contributed by atoms with Crippen molar-refractivity contribution in [3.05, 3.63) is 51.4 Å². The molecule has 0 N–H and O–H groups in total. The Bertz CT molecular complexity index is 956. The average Bonchev–Trinajstić information content (AvgIpc) is 2.95. The highest BCUT2D eigenvalue weighted by atomic mass is 32.1. The smallest absolute Gasteiger partial charge is 0.263 e. The maximum absolute atomic E-state index is 12.8. The van der Waals surface area contributed by atoms with Crippen LogP contribution in [-0.2, 0) is 6.54 Å². The molecular formula is C19H18N2OS. The van der Waals surface area contributed by atoms with E-state index in [1.807, 2.05) is 12.3 Å². The normalized spacial score (nSPS) is 11.1. The van der Waals surface area contributed by atoms with Crippen LogP contribution < -0.4 is 5.56 Å². The lowest BCUT2D eigenvalue weighted by Crippen LogP contribution is -2.23. The number of aryl methyl sites for hydroxylation is 1. The minimum absolute atomic E-state index is 0.0605. The zero-order chi connectivity index (χ0) is 16.6. The summed E-state index contributed by atoms with van der Waals surface area (Å²) >= 11 is 1.50. The second-order valence-electron chi connectivity index (χ2n) is 5.86. The van der Waals surface area contributed by atoms with Gasteiger partial charge in [0.05, 0.1) is 11.9 Å². The predicted octanol–water partition coefficient (Wildman–Crippen LogP) is 4.19. The Morgan fingerprint density at radius 2 is 2.00 bits per heavy atom. The fourth-order valence-electron chi connectivity index (χ4n) is 2.66. The lowest BCUT2D eigenvalue weighted by Gasteiger charge is -2.08. The van der Waals surface area contributed by atoms with E-state index in [9.17, 15) is 4.79 Å². The summed E-state index contributed by atoms with van der Waals surface area (Å²) in [5, 5.41) is 2.66. The summed E-state index contributed by atoms with van der Waals surface area (Å²) in [6, 6.07) is 8.37. The molecule has 0 spiro atoms. The van der Waals surface area contributed by atoms with E-state index in [1.165, 1.54) is 16.9 Å². The summed E-state index contributed by atoms with van der Waals surface area (Å²) in [5.74, 6) is 3.67. The summed E-state index contributed by atoms with van der Waals surface area (Å²) in [5.41, 5.74) is 3.20. The van der Waals surface area contributed by atoms with Crippen LogP contribution in [0.4, 0.5) is 0 Å². The molecule has 23 heavy (non-hydrogen) atoms. The van der Waals surface area contributed by atoms with Crippen LogP contribution in [0.15, 0.2) is 34.4 Å². The molecule has 0 aliphatic rings. The maximum atomic E-state index is 12.8. The number of nitrogens with zero attached hydrogens (tertiary/aromatic N) is 2. The third-order valence-corrected chi connectivity index (χ3v) is 4.89. The van der Waals surface area contributed by atoms with Gasteiger partial charge in [0.2, 0.25) is 0 Å². The number of hydrogen-bond acceptors (Lipinski definition) is 3. The number of thiophene rings is 1. The number of fused-ring (bicyclic) bond motifs is 1. The Morgan fingerprint density at radius 1 is 1.30 bits per heavy atom. The van der Waals surface area contributed by atoms with Crippen LogP contribution in [0.2, 0.25) is 0 Å². The minimum Gasteiger partial charge on any atom is -0.284 e. The average molecular weight is 322 g/mol. The van der Waals surface area contributed by atoms with Crippen molar-refractivity contribution in [2.75, 3.05) is 0 Å². The van der Waals surface area contributed by atoms with Crippen LogP contribution in [0.5, 0.6) is 0 Å². The highest BCUT2D eigenvalue weighted by molar-refractivity contribution is 7.17. The molecule has 0 unspecified atom stereocenters. The lowest BCUT2D eigenvalue weighted by molar-refractivity contribution is 0.743. The third-order valence-electron chi connectivity index (χ3n) is 4.02. The summed E-state index contributed by atoms with van der Waals surface area (Å²) in [7, 11) is 0. The summed E-state index contributed by atoms with van der Waals surface area (Å²) in [4.78, 5) is 18.1. The molecule has 3 nitrogen and oxygen atoms in total. The van der Waals surface area contributed by atoms with Crippen molar-refractivity contribution in [3.8, 4) is 23.5 Å². The Hall–Kier alpha value is -2.38. The van der Waals surface area contributed by atoms with Gasteiger partial charge < -0.3 is 0 Å². The van der Waals surface area contributed by atoms with Crippen molar-refractivity contribution in [2.24, 2.45) is 0 Å². The predicted molar refractivity (Wildman–Crippen MR) is 97.0 cm³/mol. The van der Waals surface area contributed by atoms with Crippen molar-refractivity contribution >= 4 is 21.6 Å². The van der Waals surface area contributed by atoms with Crippen molar-refractivity contribution < 1.29 is 0 Å². The lowest BCUT2D eigenvalue weighted by atomic mass is 9.99. The molecule has 0 aliphatic heterocycles. The third kappa shape index (κ3) is 2.69. The molecular weight excluding hydrogens is 304 g/mol. The molecule has 0 aliphatic carbocycles. The van der Waals surface area contributed by atoms with Gasteiger partial charge >= 0.3 is 0 Å². The molecule has 0 bridgehead atoms. The van der Waals surface area contributed by atoms with Crippen molar-refractivity contribution in [1.82, 2.24) is 9.55 Å². The molecule has 1 aromatic carbocycles. The highest BCUT2D eigenvalue weighted by Gasteiger charge is 2.15. The molecule has 3 rings (SSSR count). The Kier molecular flexibility index (Phi) is 4.06. The summed E-state index contributed by atoms with van der Waals surface area (Å²) < 4.78 is 1.56. The first-order valence-electron chi connectivity index (χ1n) is 7.55. The fraction of sp³-hybridized carbons (Fsp3) is 0.263. The zero-order valence-corrected chi connectivity index (χ0v) is 14.3. The first-order valence-corrected chi connectivity index (χ1v) is 8.43. The SMILES string of the molecule is C#CCn1c(C)nc2scc(-c3ccc(C(C)C)cc3)c2c1=O. The van der Waals surface area contributed by atoms with Crippen LogP contribution in [0.1, 0.15) is 31.2 Å². The molecule has 0 amide bonds. The van der Waals surface area contributed by atoms with Gasteiger partial charge in [0.1, 0.15) is 10.7 Å². The summed E-state index contributed by atoms with van der Waals surface area (Å²) in [6.45, 7) is 6.39. The topological polar surface area (TPSA) is 34.9 Å². The van der Waals surface area contributed by atoms with E-state index in [-0.39, 0.29) is 12.1 Å². The van der Waals surface area contributed by atoms with Crippen molar-refractivity contribution in [1.29, 1.82) is 0 Å². The van der Waals surface area contributed by atoms with Crippen LogP contribution in [0.25, 0.3) is 21.3 Å². The van der Waals surface area contributed by atoms with E-state index in [1.54, 1.807) is 4.57 Å². The minimum atomic E-state index is -0.0605. The van der Waals surface area contributed by atoms with Gasteiger partial charge in [-0.3, -0.25) is 9.36 Å². The van der Waals surface area contributed by atoms with Gasteiger partial charge in [-0.05, 0) is 24.0 Å². The summed E-state index contributed by atoms with van der Waals surface area (Å²) in [6.07, 6.45) is 5.38. The van der Waals surface area contributed by atoms with Gasteiger partial charge in [0.25, 0.3) is 5.56 Å². The number of terminal acetylenes is 1. The zero-order valence-electron chi connectivity index (χ0n) is 13.5. The van der Waals surface area contributed by atoms with E-state index in [0.29, 0.717) is 17.1 Å². The molecule has 116 valence electrons. The quantitative estimate of drug-likeness (QED) is 0.678. The van der Waals surface area contributed by atoms with Crippen LogP contribution >= 0.6 is 11.3 Å². The molecule has 3 aromatic rings. The van der Waals surface area contributed by atoms with Gasteiger partial charge in [-0.1, -0.05) is 44.0 Å². The number of rotatable bonds is 3. The number of aromatic nitrogens is 2. The second-order valence-corrected chi connectivity index (χ2v) is 6.72. The molecule has 0 saturated heterocycles. The first-order chi connectivity index (χ1) is 11.0. The van der Waals surface area contributed by atoms with E-state index in [0.717, 1.165) is 16.0 Å². The van der Waals surface area contributed by atoms with Gasteiger partial charge in [0.15, 0.2) is 0 Å². The van der Waals surface area contributed by atoms with E-state index >= 15 is 0 Å². The standard InChI is InChI=1S/C19H18N2OS/c1-5-10-21-13(4)20-18-17(19(21)22)16(11-23-18)15-8-6-14(7-9-15)12(2)3/h1,6-9,11-12H,10H2,2-4H3. The van der Waals surface area contributed by atoms with Crippen LogP contribution in [0.3, 0.4) is 0 Å². The van der Waals surface area contributed by atoms with Crippen molar-refractivity contribution in [3.63, 3.8) is 0 Å². The van der Waals surface area contributed by atoms with Gasteiger partial charge in [-0.25, -0.2) is 4.98 Å². The molecule has 0 radical (unpaired) electrons. The van der Waals surface area contributed by atoms with Crippen LogP contribution in [0, 0.1) is 19.3 Å². The van der Waals surface area contributed by atoms with Gasteiger partial charge in [0, 0.05) is 10.9 Å². The molecule has 0 atom stereocenters. The molecule has 0 saturated carbocycles. The molecule has 2 heterocycles. The highest BCUT2D eigenvalue weighted by Crippen LogP contribution is 2.31. The Morgan fingerprint density at radius 3 is 2.61 bits per heavy atom. The van der Waals surface area contributed by atoms with Crippen molar-refractivity contribution in [2.45, 2.75) is 33.2 Å². The maximum Gasteiger partial charge on any atom is 0.263 e. The van der Waals surface area contributed by atoms with E-state index < -0.39 is 0 Å². The van der Waals surface area contributed by atoms with E-state index in [2.05, 4.69) is 49.0 Å². The van der Waals surface area contributed by atoms with Gasteiger partial charge in [-0.15, -0.1) is 17.8 Å². The monoisotopic (exact) mass is 322 g/mol. The Balaban J connectivity index is 2.21. The molecule has 4 heteroatoms. The first kappa shape index (κ1) is 15.5. The largest absolute Gasteiger partial charge is 0.284 e. The van der Waals surface area contributed by atoms with Crippen LogP contribution in [-0.4, -0.2) is 9.55 Å². The Labute approximate surface area is 139 Å². The van der Waals surface area contributed by atoms with E-state index in [4.69, 9.17) is 6.42 Å². The van der Waals surface area contributed by atoms with Gasteiger partial charge in [-0.2, -0.15) is 0 Å².